The Bertz CT molecular complexity index is 187. The van der Waals surface area contributed by atoms with Crippen LogP contribution < -0.4 is 0 Å². The summed E-state index contributed by atoms with van der Waals surface area (Å²) in [6.07, 6.45) is 6.49. The number of allylic oxidation sites excluding steroid dienone is 1. The molecule has 0 aromatic rings. The van der Waals surface area contributed by atoms with E-state index in [1.54, 1.807) is 0 Å². The second-order valence-corrected chi connectivity index (χ2v) is 4.63. The second-order valence-electron chi connectivity index (χ2n) is 4.16. The van der Waals surface area contributed by atoms with Gasteiger partial charge in [0, 0.05) is 0 Å². The lowest BCUT2D eigenvalue weighted by Gasteiger charge is -2.24. The highest BCUT2D eigenvalue weighted by molar-refractivity contribution is 6.22. The summed E-state index contributed by atoms with van der Waals surface area (Å²) in [5.41, 5.74) is 1.24. The topological polar surface area (TPSA) is 20.2 Å². The Kier molecular flexibility index (Phi) is 4.27. The first-order valence-electron chi connectivity index (χ1n) is 5.14. The zero-order chi connectivity index (χ0) is 9.84. The van der Waals surface area contributed by atoms with Gasteiger partial charge in [-0.2, -0.15) is 0 Å². The molecule has 0 spiro atoms. The van der Waals surface area contributed by atoms with Gasteiger partial charge in [-0.05, 0) is 31.6 Å². The highest BCUT2D eigenvalue weighted by Crippen LogP contribution is 2.27. The normalized spacial score (nSPS) is 22.7. The molecule has 76 valence electrons. The van der Waals surface area contributed by atoms with E-state index < -0.39 is 6.10 Å². The molecule has 1 aliphatic rings. The number of aliphatic hydroxyl groups is 1. The van der Waals surface area contributed by atoms with Gasteiger partial charge in [0.15, 0.2) is 0 Å². The molecule has 0 saturated carbocycles. The van der Waals surface area contributed by atoms with E-state index in [2.05, 4.69) is 6.08 Å². The fourth-order valence-electron chi connectivity index (χ4n) is 1.67. The van der Waals surface area contributed by atoms with Crippen LogP contribution in [0.5, 0.6) is 0 Å². The van der Waals surface area contributed by atoms with E-state index in [1.165, 1.54) is 18.4 Å². The van der Waals surface area contributed by atoms with Crippen LogP contribution in [0.4, 0.5) is 0 Å². The third-order valence-electron chi connectivity index (χ3n) is 2.66. The quantitative estimate of drug-likeness (QED) is 0.551. The zero-order valence-corrected chi connectivity index (χ0v) is 9.22. The van der Waals surface area contributed by atoms with E-state index in [0.29, 0.717) is 0 Å². The number of halogens is 1. The minimum absolute atomic E-state index is 0.166. The lowest BCUT2D eigenvalue weighted by atomic mass is 9.91. The number of rotatable bonds is 3. The smallest absolute Gasteiger partial charge is 0.0807 e. The van der Waals surface area contributed by atoms with Crippen molar-refractivity contribution in [2.45, 2.75) is 51.0 Å². The van der Waals surface area contributed by atoms with Crippen LogP contribution in [0, 0.1) is 5.92 Å². The van der Waals surface area contributed by atoms with Gasteiger partial charge in [0.2, 0.25) is 0 Å². The van der Waals surface area contributed by atoms with Crippen molar-refractivity contribution in [3.63, 3.8) is 0 Å². The average Bonchev–Trinajstić information content (AvgIpc) is 2.17. The number of hydrogen-bond donors (Lipinski definition) is 1. The van der Waals surface area contributed by atoms with Crippen molar-refractivity contribution in [3.05, 3.63) is 11.6 Å². The Morgan fingerprint density at radius 3 is 2.54 bits per heavy atom. The van der Waals surface area contributed by atoms with Crippen molar-refractivity contribution in [2.75, 3.05) is 0 Å². The van der Waals surface area contributed by atoms with Crippen molar-refractivity contribution in [2.24, 2.45) is 5.92 Å². The van der Waals surface area contributed by atoms with Crippen LogP contribution in [0.15, 0.2) is 11.6 Å². The van der Waals surface area contributed by atoms with Crippen molar-refractivity contribution in [1.29, 1.82) is 0 Å². The van der Waals surface area contributed by atoms with Gasteiger partial charge in [-0.25, -0.2) is 0 Å². The van der Waals surface area contributed by atoms with Crippen LogP contribution in [0.25, 0.3) is 0 Å². The Morgan fingerprint density at radius 1 is 1.38 bits per heavy atom. The molecule has 0 radical (unpaired) electrons. The average molecular weight is 203 g/mol. The summed E-state index contributed by atoms with van der Waals surface area (Å²) < 4.78 is 0. The van der Waals surface area contributed by atoms with Gasteiger partial charge in [0.1, 0.15) is 0 Å². The molecule has 0 aromatic carbocycles. The van der Waals surface area contributed by atoms with Crippen molar-refractivity contribution in [3.8, 4) is 0 Å². The molecule has 1 aliphatic carbocycles. The molecule has 0 aliphatic heterocycles. The minimum atomic E-state index is -0.397. The summed E-state index contributed by atoms with van der Waals surface area (Å²) in [5, 5.41) is 9.61. The maximum absolute atomic E-state index is 9.77. The summed E-state index contributed by atoms with van der Waals surface area (Å²) in [5.74, 6) is 0.241. The SMILES string of the molecule is CC(C)C(O)C(Cl)C1=CCCCC1. The molecule has 2 heteroatoms. The monoisotopic (exact) mass is 202 g/mol. The maximum Gasteiger partial charge on any atom is 0.0807 e. The third-order valence-corrected chi connectivity index (χ3v) is 3.20. The summed E-state index contributed by atoms with van der Waals surface area (Å²) in [4.78, 5) is 0. The van der Waals surface area contributed by atoms with Crippen LogP contribution >= 0.6 is 11.6 Å². The fraction of sp³-hybridized carbons (Fsp3) is 0.818. The van der Waals surface area contributed by atoms with Gasteiger partial charge >= 0.3 is 0 Å². The first kappa shape index (κ1) is 11.1. The number of hydrogen-bond acceptors (Lipinski definition) is 1. The Labute approximate surface area is 85.8 Å². The fourth-order valence-corrected chi connectivity index (χ4v) is 2.16. The first-order chi connectivity index (χ1) is 6.13. The molecular weight excluding hydrogens is 184 g/mol. The number of alkyl halides is 1. The molecule has 1 nitrogen and oxygen atoms in total. The largest absolute Gasteiger partial charge is 0.391 e. The molecule has 0 fully saturated rings. The number of aliphatic hydroxyl groups excluding tert-OH is 1. The van der Waals surface area contributed by atoms with E-state index in [1.807, 2.05) is 13.8 Å². The van der Waals surface area contributed by atoms with Gasteiger partial charge in [-0.15, -0.1) is 11.6 Å². The Hall–Kier alpha value is -0.0100. The lowest BCUT2D eigenvalue weighted by Crippen LogP contribution is -2.28. The van der Waals surface area contributed by atoms with Crippen molar-refractivity contribution >= 4 is 11.6 Å². The van der Waals surface area contributed by atoms with E-state index >= 15 is 0 Å². The molecule has 0 heterocycles. The molecule has 1 N–H and O–H groups in total. The van der Waals surface area contributed by atoms with Crippen molar-refractivity contribution in [1.82, 2.24) is 0 Å². The Balaban J connectivity index is 2.54. The third kappa shape index (κ3) is 2.99. The van der Waals surface area contributed by atoms with E-state index in [4.69, 9.17) is 11.6 Å². The van der Waals surface area contributed by atoms with Crippen LogP contribution in [0.3, 0.4) is 0 Å². The molecule has 0 amide bonds. The summed E-state index contributed by atoms with van der Waals surface area (Å²) >= 11 is 6.19. The first-order valence-corrected chi connectivity index (χ1v) is 5.57. The van der Waals surface area contributed by atoms with Gasteiger partial charge < -0.3 is 5.11 Å². The van der Waals surface area contributed by atoms with Crippen LogP contribution in [0.1, 0.15) is 39.5 Å². The molecule has 2 atom stereocenters. The Morgan fingerprint density at radius 2 is 2.08 bits per heavy atom. The standard InChI is InChI=1S/C11H19ClO/c1-8(2)11(13)10(12)9-6-4-3-5-7-9/h6,8,10-11,13H,3-5,7H2,1-2H3. The van der Waals surface area contributed by atoms with E-state index in [0.717, 1.165) is 12.8 Å². The molecule has 0 aromatic heterocycles. The molecular formula is C11H19ClO. The van der Waals surface area contributed by atoms with Gasteiger partial charge in [-0.3, -0.25) is 0 Å². The molecule has 1 rings (SSSR count). The van der Waals surface area contributed by atoms with Gasteiger partial charge in [-0.1, -0.05) is 25.5 Å². The molecule has 13 heavy (non-hydrogen) atoms. The molecule has 2 unspecified atom stereocenters. The predicted octanol–water partition coefficient (Wildman–Crippen LogP) is 3.11. The van der Waals surface area contributed by atoms with Crippen LogP contribution in [-0.4, -0.2) is 16.6 Å². The highest BCUT2D eigenvalue weighted by Gasteiger charge is 2.23. The van der Waals surface area contributed by atoms with Crippen molar-refractivity contribution < 1.29 is 5.11 Å². The van der Waals surface area contributed by atoms with E-state index in [-0.39, 0.29) is 11.3 Å². The predicted molar refractivity (Wildman–Crippen MR) is 57.0 cm³/mol. The van der Waals surface area contributed by atoms with Crippen LogP contribution in [-0.2, 0) is 0 Å². The molecule has 0 bridgehead atoms. The summed E-state index contributed by atoms with van der Waals surface area (Å²) in [6, 6.07) is 0. The van der Waals surface area contributed by atoms with Gasteiger partial charge in [0.25, 0.3) is 0 Å². The van der Waals surface area contributed by atoms with Gasteiger partial charge in [0.05, 0.1) is 11.5 Å². The summed E-state index contributed by atoms with van der Waals surface area (Å²) in [7, 11) is 0. The highest BCUT2D eigenvalue weighted by atomic mass is 35.5. The zero-order valence-electron chi connectivity index (χ0n) is 8.46. The van der Waals surface area contributed by atoms with E-state index in [9.17, 15) is 5.11 Å². The second kappa shape index (κ2) is 5.02. The minimum Gasteiger partial charge on any atom is -0.391 e. The van der Waals surface area contributed by atoms with Crippen LogP contribution in [0.2, 0.25) is 0 Å². The summed E-state index contributed by atoms with van der Waals surface area (Å²) in [6.45, 7) is 4.01. The molecule has 0 saturated heterocycles. The maximum atomic E-state index is 9.77. The lowest BCUT2D eigenvalue weighted by molar-refractivity contribution is 0.127.